The SMILES string of the molecule is [Ir].c1ccc2c(c1)-c1ccccc1[Si]21c2cccnc2-c2[n-]c3ccccc3c21. The standard InChI is InChI=1S/C25H15N2Si.Ir/c1-4-11-19-18(10-1)25-24(27-19)23-22(14-7-15-26-23)28(25)20-12-5-2-8-16(20)17-9-3-6-13-21(17)28;/h1-15H;/q-1;. The molecule has 29 heavy (non-hydrogen) atoms. The molecule has 2 nitrogen and oxygen atoms in total. The minimum atomic E-state index is -2.39. The number of hydrogen-bond acceptors (Lipinski definition) is 1. The Morgan fingerprint density at radius 1 is 0.655 bits per heavy atom. The predicted octanol–water partition coefficient (Wildman–Crippen LogP) is 2.53. The van der Waals surface area contributed by atoms with Gasteiger partial charge in [0.05, 0.1) is 0 Å². The predicted molar refractivity (Wildman–Crippen MR) is 117 cm³/mol. The first-order valence-electron chi connectivity index (χ1n) is 9.62. The summed E-state index contributed by atoms with van der Waals surface area (Å²) in [5.74, 6) is 0. The molecule has 0 amide bonds. The van der Waals surface area contributed by atoms with Crippen molar-refractivity contribution in [3.05, 3.63) is 91.1 Å². The van der Waals surface area contributed by atoms with Crippen LogP contribution in [0, 0.1) is 0 Å². The van der Waals surface area contributed by atoms with Crippen LogP contribution in [0.3, 0.4) is 0 Å². The fourth-order valence-electron chi connectivity index (χ4n) is 5.46. The molecule has 0 saturated carbocycles. The van der Waals surface area contributed by atoms with Crippen molar-refractivity contribution >= 4 is 39.7 Å². The molecule has 0 unspecified atom stereocenters. The molecular weight excluding hydrogens is 549 g/mol. The van der Waals surface area contributed by atoms with Crippen molar-refractivity contribution in [2.75, 3.05) is 0 Å². The van der Waals surface area contributed by atoms with Gasteiger partial charge in [-0.05, 0) is 38.1 Å². The summed E-state index contributed by atoms with van der Waals surface area (Å²) in [6.07, 6.45) is 1.90. The fraction of sp³-hybridized carbons (Fsp3) is 0. The quantitative estimate of drug-likeness (QED) is 0.265. The zero-order chi connectivity index (χ0) is 18.3. The summed E-state index contributed by atoms with van der Waals surface area (Å²) in [6, 6.07) is 30.9. The van der Waals surface area contributed by atoms with Gasteiger partial charge in [-0.25, -0.2) is 0 Å². The van der Waals surface area contributed by atoms with Gasteiger partial charge in [0.2, 0.25) is 0 Å². The Balaban J connectivity index is 0.00000165. The summed E-state index contributed by atoms with van der Waals surface area (Å²) < 4.78 is 0. The summed E-state index contributed by atoms with van der Waals surface area (Å²) in [6.45, 7) is 0. The van der Waals surface area contributed by atoms with E-state index in [1.54, 1.807) is 0 Å². The molecule has 0 fully saturated rings. The van der Waals surface area contributed by atoms with Gasteiger partial charge in [0.1, 0.15) is 0 Å². The smallest absolute Gasteiger partial charge is 0.182 e. The average Bonchev–Trinajstić information content (AvgIpc) is 3.37. The van der Waals surface area contributed by atoms with E-state index in [-0.39, 0.29) is 20.1 Å². The maximum atomic E-state index is 5.07. The Bertz CT molecular complexity index is 1390. The maximum Gasteiger partial charge on any atom is 0.182 e. The van der Waals surface area contributed by atoms with Gasteiger partial charge in [-0.15, -0.1) is 11.2 Å². The molecule has 0 bridgehead atoms. The number of pyridine rings is 1. The van der Waals surface area contributed by atoms with Crippen molar-refractivity contribution in [3.8, 4) is 22.5 Å². The topological polar surface area (TPSA) is 27.0 Å². The van der Waals surface area contributed by atoms with Crippen molar-refractivity contribution in [2.24, 2.45) is 0 Å². The third kappa shape index (κ3) is 1.87. The molecule has 1 spiro atoms. The van der Waals surface area contributed by atoms with Crippen molar-refractivity contribution in [2.45, 2.75) is 0 Å². The molecule has 2 aliphatic heterocycles. The molecule has 2 aromatic heterocycles. The van der Waals surface area contributed by atoms with Gasteiger partial charge in [-0.2, -0.15) is 0 Å². The van der Waals surface area contributed by atoms with Gasteiger partial charge >= 0.3 is 0 Å². The zero-order valence-corrected chi connectivity index (χ0v) is 18.8. The molecule has 1 radical (unpaired) electrons. The van der Waals surface area contributed by atoms with Crippen LogP contribution in [-0.2, 0) is 20.1 Å². The van der Waals surface area contributed by atoms with Crippen molar-refractivity contribution in [1.82, 2.24) is 9.97 Å². The van der Waals surface area contributed by atoms with E-state index >= 15 is 0 Å². The van der Waals surface area contributed by atoms with Crippen LogP contribution in [0.25, 0.3) is 33.4 Å². The largest absolute Gasteiger partial charge is 0.656 e. The van der Waals surface area contributed by atoms with Gasteiger partial charge in [0.15, 0.2) is 8.07 Å². The van der Waals surface area contributed by atoms with Crippen molar-refractivity contribution in [3.63, 3.8) is 0 Å². The third-order valence-electron chi connectivity index (χ3n) is 6.41. The molecule has 2 aliphatic rings. The summed E-state index contributed by atoms with van der Waals surface area (Å²) in [5, 5.41) is 7.04. The average molecular weight is 564 g/mol. The van der Waals surface area contributed by atoms with E-state index in [1.807, 2.05) is 6.20 Å². The molecule has 7 rings (SSSR count). The van der Waals surface area contributed by atoms with Crippen LogP contribution in [0.1, 0.15) is 0 Å². The van der Waals surface area contributed by atoms with Crippen molar-refractivity contribution in [1.29, 1.82) is 0 Å². The number of hydrogen-bond donors (Lipinski definition) is 0. The molecule has 3 aromatic carbocycles. The molecule has 5 aromatic rings. The van der Waals surface area contributed by atoms with Crippen LogP contribution in [0.5, 0.6) is 0 Å². The number of rotatable bonds is 0. The van der Waals surface area contributed by atoms with E-state index in [0.717, 1.165) is 16.9 Å². The number of nitrogens with zero attached hydrogens (tertiary/aromatic N) is 2. The minimum Gasteiger partial charge on any atom is -0.656 e. The molecule has 4 heterocycles. The molecular formula is C25H15IrN2Si-. The molecule has 139 valence electrons. The Morgan fingerprint density at radius 3 is 2.03 bits per heavy atom. The summed E-state index contributed by atoms with van der Waals surface area (Å²) in [5.41, 5.74) is 6.00. The Kier molecular flexibility index (Phi) is 3.46. The minimum absolute atomic E-state index is 0. The Hall–Kier alpha value is -2.78. The molecule has 0 saturated heterocycles. The zero-order valence-electron chi connectivity index (χ0n) is 15.4. The van der Waals surface area contributed by atoms with Crippen LogP contribution < -0.4 is 25.7 Å². The first-order chi connectivity index (χ1) is 13.9. The fourth-order valence-corrected chi connectivity index (χ4v) is 11.1. The number of fused-ring (bicyclic) bond motifs is 12. The van der Waals surface area contributed by atoms with Gasteiger partial charge in [-0.1, -0.05) is 84.0 Å². The van der Waals surface area contributed by atoms with E-state index in [4.69, 9.17) is 9.97 Å². The van der Waals surface area contributed by atoms with Crippen LogP contribution in [0.4, 0.5) is 0 Å². The van der Waals surface area contributed by atoms with E-state index < -0.39 is 8.07 Å². The number of para-hydroxylation sites is 1. The van der Waals surface area contributed by atoms with E-state index in [1.165, 1.54) is 37.3 Å². The number of aromatic nitrogens is 2. The second kappa shape index (κ2) is 5.86. The van der Waals surface area contributed by atoms with Gasteiger partial charge in [0.25, 0.3) is 0 Å². The van der Waals surface area contributed by atoms with E-state index in [0.29, 0.717) is 0 Å². The Morgan fingerprint density at radius 2 is 1.28 bits per heavy atom. The molecule has 0 atom stereocenters. The van der Waals surface area contributed by atoms with E-state index in [2.05, 4.69) is 84.9 Å². The second-order valence-electron chi connectivity index (χ2n) is 7.59. The van der Waals surface area contributed by atoms with Gasteiger partial charge in [0, 0.05) is 32.0 Å². The second-order valence-corrected chi connectivity index (χ2v) is 11.2. The summed E-state index contributed by atoms with van der Waals surface area (Å²) in [4.78, 5) is 9.90. The third-order valence-corrected chi connectivity index (χ3v) is 11.4. The first kappa shape index (κ1) is 17.1. The Labute approximate surface area is 183 Å². The van der Waals surface area contributed by atoms with Gasteiger partial charge in [-0.3, -0.25) is 4.98 Å². The summed E-state index contributed by atoms with van der Waals surface area (Å²) in [7, 11) is -2.39. The van der Waals surface area contributed by atoms with Crippen LogP contribution in [0.2, 0.25) is 0 Å². The first-order valence-corrected chi connectivity index (χ1v) is 11.6. The summed E-state index contributed by atoms with van der Waals surface area (Å²) >= 11 is 0. The molecule has 4 heteroatoms. The van der Waals surface area contributed by atoms with Crippen LogP contribution >= 0.6 is 0 Å². The monoisotopic (exact) mass is 564 g/mol. The van der Waals surface area contributed by atoms with Crippen LogP contribution in [-0.4, -0.2) is 13.1 Å². The molecule has 0 N–H and O–H groups in total. The maximum absolute atomic E-state index is 5.07. The van der Waals surface area contributed by atoms with Crippen molar-refractivity contribution < 1.29 is 20.1 Å². The van der Waals surface area contributed by atoms with E-state index in [9.17, 15) is 0 Å². The molecule has 0 aliphatic carbocycles. The normalized spacial score (nSPS) is 14.2. The van der Waals surface area contributed by atoms with Gasteiger partial charge < -0.3 is 4.98 Å². The number of benzene rings is 3. The van der Waals surface area contributed by atoms with Crippen LogP contribution in [0.15, 0.2) is 91.1 Å².